The number of likely N-dealkylation sites (tertiary alicyclic amines) is 2. The number of carbonyl (C=O) groups is 1. The summed E-state index contributed by atoms with van der Waals surface area (Å²) in [5.74, 6) is 0.683. The van der Waals surface area contributed by atoms with Gasteiger partial charge in [-0.2, -0.15) is 0 Å². The largest absolute Gasteiger partial charge is 0.338 e. The molecular formula is C26H32N4O2. The first-order chi connectivity index (χ1) is 15.7. The molecule has 0 aromatic carbocycles. The highest BCUT2D eigenvalue weighted by Gasteiger charge is 2.37. The predicted octanol–water partition coefficient (Wildman–Crippen LogP) is 2.98. The van der Waals surface area contributed by atoms with Crippen molar-refractivity contribution in [2.24, 2.45) is 5.92 Å². The number of rotatable bonds is 3. The number of carbonyl (C=O) groups excluding carboxylic acids is 1. The maximum absolute atomic E-state index is 13.4. The van der Waals surface area contributed by atoms with E-state index in [0.29, 0.717) is 12.5 Å². The first kappa shape index (κ1) is 20.2. The zero-order chi connectivity index (χ0) is 21.7. The van der Waals surface area contributed by atoms with Crippen molar-refractivity contribution in [3.63, 3.8) is 0 Å². The number of hydrogen-bond donors (Lipinski definition) is 0. The Kier molecular flexibility index (Phi) is 5.13. The van der Waals surface area contributed by atoms with E-state index in [1.165, 1.54) is 36.9 Å². The zero-order valence-corrected chi connectivity index (χ0v) is 18.8. The number of nitrogens with zero attached hydrogens (tertiary/aromatic N) is 4. The fourth-order valence-corrected chi connectivity index (χ4v) is 6.35. The van der Waals surface area contributed by atoms with Gasteiger partial charge >= 0.3 is 0 Å². The van der Waals surface area contributed by atoms with Crippen LogP contribution in [0, 0.1) is 5.92 Å². The Morgan fingerprint density at radius 1 is 1.03 bits per heavy atom. The van der Waals surface area contributed by atoms with Crippen LogP contribution < -0.4 is 5.56 Å². The molecule has 0 radical (unpaired) electrons. The molecule has 1 amide bonds. The van der Waals surface area contributed by atoms with Gasteiger partial charge in [-0.1, -0.05) is 6.07 Å². The number of aryl methyl sites for hydroxylation is 2. The number of hydrogen-bond acceptors (Lipinski definition) is 4. The van der Waals surface area contributed by atoms with E-state index < -0.39 is 0 Å². The van der Waals surface area contributed by atoms with Crippen LogP contribution in [0.1, 0.15) is 70.9 Å². The number of amides is 1. The SMILES string of the molecule is O=C(c1cnc2c(c1)CCCC2)N1C[C@@H]2C[C@H](C1)c1ccc(CN3CCCC3)c(=O)n1C2. The van der Waals surface area contributed by atoms with Gasteiger partial charge in [0.25, 0.3) is 11.5 Å². The molecule has 2 fully saturated rings. The molecule has 5 heterocycles. The van der Waals surface area contributed by atoms with Crippen molar-refractivity contribution < 1.29 is 4.79 Å². The Bertz CT molecular complexity index is 1100. The van der Waals surface area contributed by atoms with E-state index in [1.54, 1.807) is 6.20 Å². The molecule has 2 atom stereocenters. The van der Waals surface area contributed by atoms with Crippen molar-refractivity contribution in [1.29, 1.82) is 0 Å². The number of piperidine rings is 1. The predicted molar refractivity (Wildman–Crippen MR) is 123 cm³/mol. The summed E-state index contributed by atoms with van der Waals surface area (Å²) in [6, 6.07) is 6.28. The third-order valence-corrected chi connectivity index (χ3v) is 7.98. The summed E-state index contributed by atoms with van der Waals surface area (Å²) < 4.78 is 2.02. The molecule has 0 saturated carbocycles. The molecule has 32 heavy (non-hydrogen) atoms. The van der Waals surface area contributed by atoms with Crippen molar-refractivity contribution in [3.05, 3.63) is 62.8 Å². The summed E-state index contributed by atoms with van der Waals surface area (Å²) in [4.78, 5) is 35.6. The summed E-state index contributed by atoms with van der Waals surface area (Å²) in [6.07, 6.45) is 9.76. The van der Waals surface area contributed by atoms with Crippen LogP contribution in [-0.2, 0) is 25.9 Å². The van der Waals surface area contributed by atoms with E-state index in [0.717, 1.165) is 68.8 Å². The fraction of sp³-hybridized carbons (Fsp3) is 0.577. The van der Waals surface area contributed by atoms with Crippen LogP contribution >= 0.6 is 0 Å². The van der Waals surface area contributed by atoms with E-state index in [1.807, 2.05) is 15.5 Å². The first-order valence-electron chi connectivity index (χ1n) is 12.4. The molecule has 0 unspecified atom stereocenters. The van der Waals surface area contributed by atoms with Crippen LogP contribution in [0.4, 0.5) is 0 Å². The summed E-state index contributed by atoms with van der Waals surface area (Å²) in [5, 5.41) is 0. The molecule has 2 aromatic rings. The van der Waals surface area contributed by atoms with Gasteiger partial charge in [0.2, 0.25) is 0 Å². The second-order valence-electron chi connectivity index (χ2n) is 10.2. The Labute approximate surface area is 189 Å². The molecule has 2 bridgehead atoms. The third kappa shape index (κ3) is 3.58. The lowest BCUT2D eigenvalue weighted by Gasteiger charge is -2.43. The second-order valence-corrected chi connectivity index (χ2v) is 10.2. The van der Waals surface area contributed by atoms with E-state index in [4.69, 9.17) is 0 Å². The van der Waals surface area contributed by atoms with Gasteiger partial charge in [0.15, 0.2) is 0 Å². The summed E-state index contributed by atoms with van der Waals surface area (Å²) in [7, 11) is 0. The van der Waals surface area contributed by atoms with Crippen LogP contribution in [0.25, 0.3) is 0 Å². The highest BCUT2D eigenvalue weighted by molar-refractivity contribution is 5.94. The molecule has 168 valence electrons. The average molecular weight is 433 g/mol. The highest BCUT2D eigenvalue weighted by Crippen LogP contribution is 2.36. The molecule has 4 aliphatic rings. The van der Waals surface area contributed by atoms with Gasteiger partial charge in [-0.05, 0) is 81.6 Å². The minimum atomic E-state index is 0.0991. The Morgan fingerprint density at radius 2 is 1.88 bits per heavy atom. The average Bonchev–Trinajstić information content (AvgIpc) is 3.33. The molecule has 0 N–H and O–H groups in total. The van der Waals surface area contributed by atoms with Crippen LogP contribution in [-0.4, -0.2) is 51.4 Å². The molecule has 1 aliphatic carbocycles. The lowest BCUT2D eigenvalue weighted by Crippen LogP contribution is -2.49. The molecule has 6 heteroatoms. The molecule has 6 rings (SSSR count). The summed E-state index contributed by atoms with van der Waals surface area (Å²) >= 11 is 0. The van der Waals surface area contributed by atoms with Gasteiger partial charge < -0.3 is 9.47 Å². The fourth-order valence-electron chi connectivity index (χ4n) is 6.35. The van der Waals surface area contributed by atoms with Crippen molar-refractivity contribution in [2.75, 3.05) is 26.2 Å². The van der Waals surface area contributed by atoms with Crippen molar-refractivity contribution in [3.8, 4) is 0 Å². The summed E-state index contributed by atoms with van der Waals surface area (Å²) in [6.45, 7) is 5.11. The van der Waals surface area contributed by atoms with Gasteiger partial charge in [0.05, 0.1) is 5.56 Å². The Hall–Kier alpha value is -2.47. The quantitative estimate of drug-likeness (QED) is 0.748. The molecule has 2 saturated heterocycles. The molecule has 6 nitrogen and oxygen atoms in total. The van der Waals surface area contributed by atoms with Crippen molar-refractivity contribution >= 4 is 5.91 Å². The number of fused-ring (bicyclic) bond motifs is 5. The normalized spacial score (nSPS) is 24.8. The van der Waals surface area contributed by atoms with Gasteiger partial charge in [-0.15, -0.1) is 0 Å². The number of pyridine rings is 2. The van der Waals surface area contributed by atoms with E-state index >= 15 is 0 Å². The zero-order valence-electron chi connectivity index (χ0n) is 18.8. The Balaban J connectivity index is 1.23. The smallest absolute Gasteiger partial charge is 0.255 e. The van der Waals surface area contributed by atoms with Crippen LogP contribution in [0.15, 0.2) is 29.2 Å². The lowest BCUT2D eigenvalue weighted by atomic mass is 9.82. The standard InChI is InChI=1S/C26H32N4O2/c31-25(21-12-19-5-1-2-6-23(19)27-13-21)29-14-18-11-22(17-29)24-8-7-20(26(32)30(24)15-18)16-28-9-3-4-10-28/h7-8,12-13,18,22H,1-6,9-11,14-17H2/t18-,22+/m0/s1. The van der Waals surface area contributed by atoms with Crippen LogP contribution in [0.3, 0.4) is 0 Å². The second kappa shape index (κ2) is 8.14. The molecule has 3 aliphatic heterocycles. The van der Waals surface area contributed by atoms with E-state index in [-0.39, 0.29) is 17.4 Å². The lowest BCUT2D eigenvalue weighted by molar-refractivity contribution is 0.0593. The maximum atomic E-state index is 13.4. The summed E-state index contributed by atoms with van der Waals surface area (Å²) in [5.41, 5.74) is 5.36. The van der Waals surface area contributed by atoms with Gasteiger partial charge in [-0.3, -0.25) is 19.5 Å². The first-order valence-corrected chi connectivity index (χ1v) is 12.4. The van der Waals surface area contributed by atoms with E-state index in [9.17, 15) is 9.59 Å². The molecular weight excluding hydrogens is 400 g/mol. The van der Waals surface area contributed by atoms with Crippen molar-refractivity contribution in [2.45, 2.75) is 64.0 Å². The van der Waals surface area contributed by atoms with Crippen molar-refractivity contribution in [1.82, 2.24) is 19.4 Å². The molecule has 0 spiro atoms. The van der Waals surface area contributed by atoms with Crippen LogP contribution in [0.2, 0.25) is 0 Å². The highest BCUT2D eigenvalue weighted by atomic mass is 16.2. The monoisotopic (exact) mass is 432 g/mol. The Morgan fingerprint density at radius 3 is 2.75 bits per heavy atom. The molecule has 2 aromatic heterocycles. The van der Waals surface area contributed by atoms with Gasteiger partial charge in [0, 0.05) is 55.2 Å². The minimum absolute atomic E-state index is 0.0991. The number of aromatic nitrogens is 2. The maximum Gasteiger partial charge on any atom is 0.255 e. The topological polar surface area (TPSA) is 58.4 Å². The van der Waals surface area contributed by atoms with Gasteiger partial charge in [0.1, 0.15) is 0 Å². The van der Waals surface area contributed by atoms with Gasteiger partial charge in [-0.25, -0.2) is 0 Å². The minimum Gasteiger partial charge on any atom is -0.338 e. The third-order valence-electron chi connectivity index (χ3n) is 7.98. The van der Waals surface area contributed by atoms with E-state index in [2.05, 4.69) is 22.0 Å². The van der Waals surface area contributed by atoms with Crippen LogP contribution in [0.5, 0.6) is 0 Å².